The minimum absolute atomic E-state index is 0.0747. The van der Waals surface area contributed by atoms with Crippen LogP contribution in [0.1, 0.15) is 24.2 Å². The average Bonchev–Trinajstić information content (AvgIpc) is 2.38. The van der Waals surface area contributed by atoms with Gasteiger partial charge in [-0.1, -0.05) is 6.92 Å². The van der Waals surface area contributed by atoms with E-state index < -0.39 is 11.6 Å². The second kappa shape index (κ2) is 6.90. The zero-order chi connectivity index (χ0) is 14.5. The van der Waals surface area contributed by atoms with Gasteiger partial charge in [0.25, 0.3) is 0 Å². The molecular formula is C15H15BrF2N2. The van der Waals surface area contributed by atoms with Gasteiger partial charge in [0.1, 0.15) is 11.6 Å². The molecule has 1 N–H and O–H groups in total. The zero-order valence-corrected chi connectivity index (χ0v) is 12.6. The summed E-state index contributed by atoms with van der Waals surface area (Å²) < 4.78 is 27.4. The largest absolute Gasteiger partial charge is 0.309 e. The predicted molar refractivity (Wildman–Crippen MR) is 78.4 cm³/mol. The van der Waals surface area contributed by atoms with Crippen molar-refractivity contribution in [3.63, 3.8) is 0 Å². The summed E-state index contributed by atoms with van der Waals surface area (Å²) in [6.07, 6.45) is 2.20. The van der Waals surface area contributed by atoms with Gasteiger partial charge in [-0.25, -0.2) is 8.78 Å². The second-order valence-corrected chi connectivity index (χ2v) is 5.41. The van der Waals surface area contributed by atoms with Crippen LogP contribution >= 0.6 is 15.9 Å². The average molecular weight is 341 g/mol. The summed E-state index contributed by atoms with van der Waals surface area (Å²) in [5, 5.41) is 3.28. The van der Waals surface area contributed by atoms with Crippen LogP contribution in [0.4, 0.5) is 8.78 Å². The van der Waals surface area contributed by atoms with Gasteiger partial charge in [0.2, 0.25) is 0 Å². The third-order valence-corrected chi connectivity index (χ3v) is 3.39. The highest BCUT2D eigenvalue weighted by atomic mass is 79.9. The number of likely N-dealkylation sites (N-methyl/N-ethyl adjacent to an activating group) is 1. The van der Waals surface area contributed by atoms with Crippen molar-refractivity contribution < 1.29 is 8.78 Å². The Kier molecular flexibility index (Phi) is 5.20. The minimum atomic E-state index is -0.556. The van der Waals surface area contributed by atoms with Crippen molar-refractivity contribution in [3.05, 3.63) is 63.9 Å². The molecule has 0 saturated carbocycles. The molecule has 1 aromatic carbocycles. The first-order valence-corrected chi connectivity index (χ1v) is 7.17. The Balaban J connectivity index is 2.22. The molecule has 0 aliphatic rings. The van der Waals surface area contributed by atoms with Crippen molar-refractivity contribution in [2.24, 2.45) is 0 Å². The summed E-state index contributed by atoms with van der Waals surface area (Å²) in [5.41, 5.74) is 1.46. The molecule has 1 heterocycles. The fraction of sp³-hybridized carbons (Fsp3) is 0.267. The molecule has 2 rings (SSSR count). The van der Waals surface area contributed by atoms with Crippen molar-refractivity contribution in [1.29, 1.82) is 0 Å². The second-order valence-electron chi connectivity index (χ2n) is 4.49. The molecule has 0 amide bonds. The molecule has 5 heteroatoms. The quantitative estimate of drug-likeness (QED) is 0.889. The summed E-state index contributed by atoms with van der Waals surface area (Å²) in [6, 6.07) is 7.31. The highest BCUT2D eigenvalue weighted by molar-refractivity contribution is 9.10. The maximum Gasteiger partial charge on any atom is 0.126 e. The van der Waals surface area contributed by atoms with Gasteiger partial charge in [-0.2, -0.15) is 0 Å². The SMILES string of the molecule is CCNC(Cc1cc(F)cc(F)c1)c1ccc(Br)cn1. The molecule has 2 aromatic rings. The van der Waals surface area contributed by atoms with Crippen molar-refractivity contribution in [1.82, 2.24) is 10.3 Å². The van der Waals surface area contributed by atoms with Crippen LogP contribution in [0.2, 0.25) is 0 Å². The molecule has 1 atom stereocenters. The minimum Gasteiger partial charge on any atom is -0.309 e. The van der Waals surface area contributed by atoms with E-state index in [0.29, 0.717) is 12.0 Å². The van der Waals surface area contributed by atoms with Gasteiger partial charge in [-0.3, -0.25) is 4.98 Å². The van der Waals surface area contributed by atoms with Crippen molar-refractivity contribution in [2.75, 3.05) is 6.54 Å². The first-order chi connectivity index (χ1) is 9.58. The predicted octanol–water partition coefficient (Wildman–Crippen LogP) is 4.02. The topological polar surface area (TPSA) is 24.9 Å². The fourth-order valence-electron chi connectivity index (χ4n) is 2.09. The maximum atomic E-state index is 13.2. The molecular weight excluding hydrogens is 326 g/mol. The summed E-state index contributed by atoms with van der Waals surface area (Å²) in [6.45, 7) is 2.73. The third kappa shape index (κ3) is 4.08. The number of nitrogens with zero attached hydrogens (tertiary/aromatic N) is 1. The summed E-state index contributed by atoms with van der Waals surface area (Å²) in [5.74, 6) is -1.11. The Morgan fingerprint density at radius 3 is 2.45 bits per heavy atom. The standard InChI is InChI=1S/C15H15BrF2N2/c1-2-19-15(14-4-3-11(16)9-20-14)7-10-5-12(17)8-13(18)6-10/h3-6,8-9,15,19H,2,7H2,1H3. The van der Waals surface area contributed by atoms with Crippen LogP contribution in [0.15, 0.2) is 41.0 Å². The number of benzene rings is 1. The van der Waals surface area contributed by atoms with Crippen LogP contribution in [0, 0.1) is 11.6 Å². The molecule has 0 bridgehead atoms. The van der Waals surface area contributed by atoms with Crippen molar-refractivity contribution in [2.45, 2.75) is 19.4 Å². The van der Waals surface area contributed by atoms with E-state index in [9.17, 15) is 8.78 Å². The van der Waals surface area contributed by atoms with Crippen LogP contribution in [0.5, 0.6) is 0 Å². The molecule has 0 aliphatic carbocycles. The van der Waals surface area contributed by atoms with E-state index >= 15 is 0 Å². The Labute approximate surface area is 125 Å². The number of pyridine rings is 1. The summed E-state index contributed by atoms with van der Waals surface area (Å²) in [4.78, 5) is 4.34. The van der Waals surface area contributed by atoms with Gasteiger partial charge in [-0.05, 0) is 58.7 Å². The van der Waals surface area contributed by atoms with Gasteiger partial charge in [0, 0.05) is 16.7 Å². The van der Waals surface area contributed by atoms with Crippen LogP contribution < -0.4 is 5.32 Å². The number of hydrogen-bond donors (Lipinski definition) is 1. The Bertz CT molecular complexity index is 552. The van der Waals surface area contributed by atoms with E-state index in [1.807, 2.05) is 19.1 Å². The normalized spacial score (nSPS) is 12.4. The van der Waals surface area contributed by atoms with Crippen LogP contribution in [-0.4, -0.2) is 11.5 Å². The molecule has 0 saturated heterocycles. The van der Waals surface area contributed by atoms with E-state index in [0.717, 1.165) is 22.8 Å². The lowest BCUT2D eigenvalue weighted by atomic mass is 10.0. The molecule has 0 radical (unpaired) electrons. The van der Waals surface area contributed by atoms with Gasteiger partial charge < -0.3 is 5.32 Å². The van der Waals surface area contributed by atoms with Gasteiger partial charge in [-0.15, -0.1) is 0 Å². The molecule has 106 valence electrons. The van der Waals surface area contributed by atoms with Gasteiger partial charge in [0.05, 0.1) is 11.7 Å². The molecule has 20 heavy (non-hydrogen) atoms. The first-order valence-electron chi connectivity index (χ1n) is 6.38. The highest BCUT2D eigenvalue weighted by Gasteiger charge is 2.13. The summed E-state index contributed by atoms with van der Waals surface area (Å²) in [7, 11) is 0. The van der Waals surface area contributed by atoms with Gasteiger partial charge in [0.15, 0.2) is 0 Å². The van der Waals surface area contributed by atoms with E-state index in [2.05, 4.69) is 26.2 Å². The monoisotopic (exact) mass is 340 g/mol. The highest BCUT2D eigenvalue weighted by Crippen LogP contribution is 2.19. The number of aromatic nitrogens is 1. The molecule has 0 spiro atoms. The molecule has 1 unspecified atom stereocenters. The zero-order valence-electron chi connectivity index (χ0n) is 11.0. The molecule has 0 aliphatic heterocycles. The Hall–Kier alpha value is -1.33. The van der Waals surface area contributed by atoms with E-state index in [1.54, 1.807) is 6.20 Å². The smallest absolute Gasteiger partial charge is 0.126 e. The lowest BCUT2D eigenvalue weighted by molar-refractivity contribution is 0.528. The van der Waals surface area contributed by atoms with E-state index in [4.69, 9.17) is 0 Å². The Morgan fingerprint density at radius 2 is 1.90 bits per heavy atom. The molecule has 0 fully saturated rings. The number of halogens is 3. The molecule has 2 nitrogen and oxygen atoms in total. The number of hydrogen-bond acceptors (Lipinski definition) is 2. The van der Waals surface area contributed by atoms with Crippen molar-refractivity contribution >= 4 is 15.9 Å². The van der Waals surface area contributed by atoms with Crippen LogP contribution in [0.3, 0.4) is 0 Å². The fourth-order valence-corrected chi connectivity index (χ4v) is 2.32. The lowest BCUT2D eigenvalue weighted by Crippen LogP contribution is -2.24. The first kappa shape index (κ1) is 15.1. The Morgan fingerprint density at radius 1 is 1.20 bits per heavy atom. The third-order valence-electron chi connectivity index (χ3n) is 2.92. The number of rotatable bonds is 5. The van der Waals surface area contributed by atoms with Crippen molar-refractivity contribution in [3.8, 4) is 0 Å². The van der Waals surface area contributed by atoms with Crippen LogP contribution in [0.25, 0.3) is 0 Å². The number of nitrogens with one attached hydrogen (secondary N) is 1. The molecule has 1 aromatic heterocycles. The van der Waals surface area contributed by atoms with Crippen LogP contribution in [-0.2, 0) is 6.42 Å². The lowest BCUT2D eigenvalue weighted by Gasteiger charge is -2.17. The van der Waals surface area contributed by atoms with Gasteiger partial charge >= 0.3 is 0 Å². The van der Waals surface area contributed by atoms with E-state index in [1.165, 1.54) is 12.1 Å². The van der Waals surface area contributed by atoms with E-state index in [-0.39, 0.29) is 6.04 Å². The maximum absolute atomic E-state index is 13.2. The summed E-state index contributed by atoms with van der Waals surface area (Å²) >= 11 is 3.34.